The second-order valence-corrected chi connectivity index (χ2v) is 3.18. The van der Waals surface area contributed by atoms with Crippen LogP contribution in [0.25, 0.3) is 0 Å². The first-order valence-electron chi connectivity index (χ1n) is 4.56. The average Bonchev–Trinajstić information content (AvgIpc) is 2.18. The van der Waals surface area contributed by atoms with Crippen LogP contribution >= 0.6 is 0 Å². The number of carbonyl (C=O) groups excluding carboxylic acids is 1. The van der Waals surface area contributed by atoms with E-state index in [9.17, 15) is 4.79 Å². The molecule has 3 nitrogen and oxygen atoms in total. The van der Waals surface area contributed by atoms with Gasteiger partial charge in [0.2, 0.25) is 5.91 Å². The Morgan fingerprint density at radius 1 is 1.69 bits per heavy atom. The molecular formula is C10H16N2O. The predicted octanol–water partition coefficient (Wildman–Crippen LogP) is 0.678. The van der Waals surface area contributed by atoms with Gasteiger partial charge in [0, 0.05) is 13.1 Å². The molecule has 1 unspecified atom stereocenters. The molecule has 2 N–H and O–H groups in total. The van der Waals surface area contributed by atoms with Gasteiger partial charge in [0.15, 0.2) is 0 Å². The molecule has 0 aromatic carbocycles. The van der Waals surface area contributed by atoms with Crippen LogP contribution in [0.3, 0.4) is 0 Å². The van der Waals surface area contributed by atoms with Gasteiger partial charge in [-0.05, 0) is 12.8 Å². The molecule has 1 heterocycles. The second-order valence-electron chi connectivity index (χ2n) is 3.18. The van der Waals surface area contributed by atoms with E-state index in [0.29, 0.717) is 13.0 Å². The molecule has 0 radical (unpaired) electrons. The summed E-state index contributed by atoms with van der Waals surface area (Å²) in [7, 11) is 0. The zero-order valence-electron chi connectivity index (χ0n) is 7.78. The van der Waals surface area contributed by atoms with Crippen molar-refractivity contribution >= 4 is 5.91 Å². The molecule has 13 heavy (non-hydrogen) atoms. The highest BCUT2D eigenvalue weighted by molar-refractivity contribution is 5.82. The minimum absolute atomic E-state index is 0.0317. The van der Waals surface area contributed by atoms with E-state index in [1.807, 2.05) is 6.08 Å². The van der Waals surface area contributed by atoms with Gasteiger partial charge < -0.3 is 10.6 Å². The molecule has 0 saturated carbocycles. The summed E-state index contributed by atoms with van der Waals surface area (Å²) in [5.74, 6) is 0.0317. The van der Waals surface area contributed by atoms with Gasteiger partial charge in [0.05, 0.1) is 6.04 Å². The Morgan fingerprint density at radius 3 is 3.00 bits per heavy atom. The van der Waals surface area contributed by atoms with Crippen molar-refractivity contribution in [3.05, 3.63) is 24.8 Å². The molecule has 0 aromatic heterocycles. The molecular weight excluding hydrogens is 164 g/mol. The van der Waals surface area contributed by atoms with E-state index in [4.69, 9.17) is 5.73 Å². The Bertz CT molecular complexity index is 223. The quantitative estimate of drug-likeness (QED) is 0.649. The maximum atomic E-state index is 11.6. The van der Waals surface area contributed by atoms with Gasteiger partial charge in [-0.25, -0.2) is 0 Å². The van der Waals surface area contributed by atoms with E-state index in [1.165, 1.54) is 0 Å². The Balaban J connectivity index is 2.46. The third kappa shape index (κ3) is 2.70. The van der Waals surface area contributed by atoms with E-state index in [0.717, 1.165) is 13.0 Å². The first kappa shape index (κ1) is 9.99. The number of nitrogens with zero attached hydrogens (tertiary/aromatic N) is 1. The molecule has 1 amide bonds. The Hall–Kier alpha value is -1.09. The fraction of sp³-hybridized carbons (Fsp3) is 0.500. The lowest BCUT2D eigenvalue weighted by molar-refractivity contribution is -0.132. The molecule has 0 aromatic rings. The van der Waals surface area contributed by atoms with E-state index in [-0.39, 0.29) is 5.91 Å². The topological polar surface area (TPSA) is 46.3 Å². The molecule has 0 saturated heterocycles. The summed E-state index contributed by atoms with van der Waals surface area (Å²) < 4.78 is 0. The summed E-state index contributed by atoms with van der Waals surface area (Å²) in [6.07, 6.45) is 7.26. The van der Waals surface area contributed by atoms with Crippen molar-refractivity contribution in [1.82, 2.24) is 4.90 Å². The van der Waals surface area contributed by atoms with Gasteiger partial charge in [0.25, 0.3) is 0 Å². The first-order chi connectivity index (χ1) is 6.25. The molecule has 3 heteroatoms. The van der Waals surface area contributed by atoms with Crippen LogP contribution in [0.4, 0.5) is 0 Å². The third-order valence-electron chi connectivity index (χ3n) is 2.11. The summed E-state index contributed by atoms with van der Waals surface area (Å²) in [5, 5.41) is 0. The zero-order valence-corrected chi connectivity index (χ0v) is 7.78. The largest absolute Gasteiger partial charge is 0.337 e. The van der Waals surface area contributed by atoms with Crippen molar-refractivity contribution in [3.8, 4) is 0 Å². The summed E-state index contributed by atoms with van der Waals surface area (Å²) >= 11 is 0. The third-order valence-corrected chi connectivity index (χ3v) is 2.11. The molecule has 1 atom stereocenters. The predicted molar refractivity (Wildman–Crippen MR) is 53.1 cm³/mol. The van der Waals surface area contributed by atoms with Crippen LogP contribution in [0, 0.1) is 0 Å². The number of hydrogen-bond acceptors (Lipinski definition) is 2. The molecule has 0 aliphatic carbocycles. The fourth-order valence-corrected chi connectivity index (χ4v) is 1.36. The minimum atomic E-state index is -0.413. The van der Waals surface area contributed by atoms with Crippen LogP contribution in [0.15, 0.2) is 24.8 Å². The lowest BCUT2D eigenvalue weighted by atomic mass is 10.1. The molecule has 0 fully saturated rings. The molecule has 1 aliphatic heterocycles. The van der Waals surface area contributed by atoms with Crippen LogP contribution in [0.5, 0.6) is 0 Å². The maximum Gasteiger partial charge on any atom is 0.240 e. The SMILES string of the molecule is C=CCC(N)C(=O)N1CC=CCC1. The van der Waals surface area contributed by atoms with Crippen molar-refractivity contribution in [2.75, 3.05) is 13.1 Å². The van der Waals surface area contributed by atoms with Crippen LogP contribution in [0.2, 0.25) is 0 Å². The van der Waals surface area contributed by atoms with E-state index in [2.05, 4.69) is 12.7 Å². The van der Waals surface area contributed by atoms with Gasteiger partial charge >= 0.3 is 0 Å². The monoisotopic (exact) mass is 180 g/mol. The van der Waals surface area contributed by atoms with E-state index >= 15 is 0 Å². The summed E-state index contributed by atoms with van der Waals surface area (Å²) in [4.78, 5) is 13.4. The van der Waals surface area contributed by atoms with Gasteiger partial charge in [-0.15, -0.1) is 6.58 Å². The van der Waals surface area contributed by atoms with Gasteiger partial charge in [-0.2, -0.15) is 0 Å². The highest BCUT2D eigenvalue weighted by Crippen LogP contribution is 2.04. The van der Waals surface area contributed by atoms with Gasteiger partial charge in [-0.1, -0.05) is 18.2 Å². The summed E-state index contributed by atoms with van der Waals surface area (Å²) in [6.45, 7) is 5.05. The first-order valence-corrected chi connectivity index (χ1v) is 4.56. The highest BCUT2D eigenvalue weighted by atomic mass is 16.2. The fourth-order valence-electron chi connectivity index (χ4n) is 1.36. The molecule has 0 spiro atoms. The average molecular weight is 180 g/mol. The Kier molecular flexibility index (Phi) is 3.71. The molecule has 0 bridgehead atoms. The lowest BCUT2D eigenvalue weighted by Crippen LogP contribution is -2.44. The Morgan fingerprint density at radius 2 is 2.46 bits per heavy atom. The molecule has 72 valence electrons. The molecule has 1 aliphatic rings. The number of rotatable bonds is 3. The maximum absolute atomic E-state index is 11.6. The number of hydrogen-bond donors (Lipinski definition) is 1. The zero-order chi connectivity index (χ0) is 9.68. The molecule has 1 rings (SSSR count). The summed E-state index contributed by atoms with van der Waals surface area (Å²) in [6, 6.07) is -0.413. The normalized spacial score (nSPS) is 18.4. The van der Waals surface area contributed by atoms with Crippen LogP contribution < -0.4 is 5.73 Å². The summed E-state index contributed by atoms with van der Waals surface area (Å²) in [5.41, 5.74) is 5.67. The van der Waals surface area contributed by atoms with E-state index in [1.54, 1.807) is 11.0 Å². The van der Waals surface area contributed by atoms with Gasteiger partial charge in [0.1, 0.15) is 0 Å². The van der Waals surface area contributed by atoms with Crippen LogP contribution in [-0.2, 0) is 4.79 Å². The van der Waals surface area contributed by atoms with Crippen molar-refractivity contribution < 1.29 is 4.79 Å². The van der Waals surface area contributed by atoms with Crippen molar-refractivity contribution in [2.24, 2.45) is 5.73 Å². The van der Waals surface area contributed by atoms with Gasteiger partial charge in [-0.3, -0.25) is 4.79 Å². The number of amides is 1. The smallest absolute Gasteiger partial charge is 0.240 e. The standard InChI is InChI=1S/C10H16N2O/c1-2-6-9(11)10(13)12-7-4-3-5-8-12/h2-4,9H,1,5-8,11H2. The Labute approximate surface area is 78.9 Å². The highest BCUT2D eigenvalue weighted by Gasteiger charge is 2.19. The second kappa shape index (κ2) is 4.82. The van der Waals surface area contributed by atoms with Crippen molar-refractivity contribution in [3.63, 3.8) is 0 Å². The lowest BCUT2D eigenvalue weighted by Gasteiger charge is -2.25. The minimum Gasteiger partial charge on any atom is -0.337 e. The van der Waals surface area contributed by atoms with Crippen molar-refractivity contribution in [1.29, 1.82) is 0 Å². The number of nitrogens with two attached hydrogens (primary N) is 1. The van der Waals surface area contributed by atoms with Crippen molar-refractivity contribution in [2.45, 2.75) is 18.9 Å². The van der Waals surface area contributed by atoms with E-state index < -0.39 is 6.04 Å². The van der Waals surface area contributed by atoms with Crippen LogP contribution in [0.1, 0.15) is 12.8 Å². The van der Waals surface area contributed by atoms with Crippen LogP contribution in [-0.4, -0.2) is 29.9 Å². The number of carbonyl (C=O) groups is 1.